The van der Waals surface area contributed by atoms with Gasteiger partial charge in [-0.1, -0.05) is 0 Å². The van der Waals surface area contributed by atoms with E-state index >= 15 is 0 Å². The summed E-state index contributed by atoms with van der Waals surface area (Å²) >= 11 is 0. The molecule has 1 atom stereocenters. The van der Waals surface area contributed by atoms with E-state index in [1.807, 2.05) is 0 Å². The van der Waals surface area contributed by atoms with Crippen molar-refractivity contribution >= 4 is 5.91 Å². The number of amides is 1. The Bertz CT molecular complexity index is 469. The van der Waals surface area contributed by atoms with E-state index in [2.05, 4.69) is 4.74 Å². The summed E-state index contributed by atoms with van der Waals surface area (Å²) in [7, 11) is 2.93. The van der Waals surface area contributed by atoms with Crippen molar-refractivity contribution in [3.05, 3.63) is 23.8 Å². The van der Waals surface area contributed by atoms with Crippen molar-refractivity contribution in [3.63, 3.8) is 0 Å². The number of ether oxygens (including phenoxy) is 2. The first-order chi connectivity index (χ1) is 9.40. The van der Waals surface area contributed by atoms with E-state index in [1.165, 1.54) is 30.2 Å². The van der Waals surface area contributed by atoms with Crippen LogP contribution in [0.4, 0.5) is 8.78 Å². The molecule has 0 saturated carbocycles. The molecule has 20 heavy (non-hydrogen) atoms. The van der Waals surface area contributed by atoms with Crippen LogP contribution in [0.3, 0.4) is 0 Å². The van der Waals surface area contributed by atoms with Crippen LogP contribution in [0.2, 0.25) is 0 Å². The molecule has 0 spiro atoms. The maximum Gasteiger partial charge on any atom is 0.387 e. The van der Waals surface area contributed by atoms with Gasteiger partial charge in [0.1, 0.15) is 0 Å². The van der Waals surface area contributed by atoms with E-state index in [-0.39, 0.29) is 29.0 Å². The van der Waals surface area contributed by atoms with Gasteiger partial charge in [0.15, 0.2) is 11.5 Å². The van der Waals surface area contributed by atoms with Gasteiger partial charge in [-0.25, -0.2) is 0 Å². The molecule has 112 valence electrons. The monoisotopic (exact) mass is 288 g/mol. The number of methoxy groups -OCH3 is 1. The minimum atomic E-state index is -2.99. The van der Waals surface area contributed by atoms with Crippen LogP contribution in [0.5, 0.6) is 11.5 Å². The number of rotatable bonds is 6. The molecule has 0 fully saturated rings. The first-order valence-corrected chi connectivity index (χ1v) is 6.00. The number of halogens is 2. The SMILES string of the molecule is COc1ccc(C(=O)N(C)C(C)CN)cc1OC(F)F. The fourth-order valence-electron chi connectivity index (χ4n) is 1.56. The Morgan fingerprint density at radius 3 is 2.55 bits per heavy atom. The average molecular weight is 288 g/mol. The quantitative estimate of drug-likeness (QED) is 0.865. The van der Waals surface area contributed by atoms with E-state index in [0.29, 0.717) is 6.54 Å². The number of hydrogen-bond acceptors (Lipinski definition) is 4. The highest BCUT2D eigenvalue weighted by molar-refractivity contribution is 5.95. The smallest absolute Gasteiger partial charge is 0.387 e. The van der Waals surface area contributed by atoms with E-state index in [1.54, 1.807) is 14.0 Å². The molecule has 0 aliphatic heterocycles. The van der Waals surface area contributed by atoms with Crippen LogP contribution < -0.4 is 15.2 Å². The number of likely N-dealkylation sites (N-methyl/N-ethyl adjacent to an activating group) is 1. The molecule has 0 saturated heterocycles. The number of nitrogens with zero attached hydrogens (tertiary/aromatic N) is 1. The lowest BCUT2D eigenvalue weighted by Gasteiger charge is -2.24. The molecular formula is C13H18F2N2O3. The number of nitrogens with two attached hydrogens (primary N) is 1. The van der Waals surface area contributed by atoms with Gasteiger partial charge in [-0.3, -0.25) is 4.79 Å². The number of benzene rings is 1. The van der Waals surface area contributed by atoms with Gasteiger partial charge in [0, 0.05) is 25.2 Å². The largest absolute Gasteiger partial charge is 0.493 e. The second-order valence-electron chi connectivity index (χ2n) is 4.24. The van der Waals surface area contributed by atoms with Crippen molar-refractivity contribution in [3.8, 4) is 11.5 Å². The van der Waals surface area contributed by atoms with Gasteiger partial charge >= 0.3 is 6.61 Å². The number of alkyl halides is 2. The molecular weight excluding hydrogens is 270 g/mol. The van der Waals surface area contributed by atoms with Crippen LogP contribution in [0, 0.1) is 0 Å². The highest BCUT2D eigenvalue weighted by Crippen LogP contribution is 2.29. The third-order valence-electron chi connectivity index (χ3n) is 2.95. The Labute approximate surface area is 116 Å². The first-order valence-electron chi connectivity index (χ1n) is 6.00. The van der Waals surface area contributed by atoms with Crippen molar-refractivity contribution in [2.45, 2.75) is 19.6 Å². The topological polar surface area (TPSA) is 64.8 Å². The highest BCUT2D eigenvalue weighted by atomic mass is 19.3. The number of carbonyl (C=O) groups is 1. The van der Waals surface area contributed by atoms with Gasteiger partial charge in [0.25, 0.3) is 5.91 Å². The number of hydrogen-bond donors (Lipinski definition) is 1. The summed E-state index contributed by atoms with van der Waals surface area (Å²) in [6, 6.07) is 3.96. The fourth-order valence-corrected chi connectivity index (χ4v) is 1.56. The molecule has 0 aliphatic rings. The van der Waals surface area contributed by atoms with E-state index in [9.17, 15) is 13.6 Å². The summed E-state index contributed by atoms with van der Waals surface area (Å²) in [5, 5.41) is 0. The molecule has 1 aromatic rings. The summed E-state index contributed by atoms with van der Waals surface area (Å²) < 4.78 is 33.9. The van der Waals surface area contributed by atoms with Crippen molar-refractivity contribution in [1.29, 1.82) is 0 Å². The summed E-state index contributed by atoms with van der Waals surface area (Å²) in [4.78, 5) is 13.6. The molecule has 1 aromatic carbocycles. The van der Waals surface area contributed by atoms with Crippen molar-refractivity contribution in [2.75, 3.05) is 20.7 Å². The molecule has 1 unspecified atom stereocenters. The molecule has 5 nitrogen and oxygen atoms in total. The lowest BCUT2D eigenvalue weighted by atomic mass is 10.1. The maximum absolute atomic E-state index is 12.3. The van der Waals surface area contributed by atoms with Crippen LogP contribution >= 0.6 is 0 Å². The summed E-state index contributed by atoms with van der Waals surface area (Å²) in [6.45, 7) is -0.897. The molecule has 0 aromatic heterocycles. The van der Waals surface area contributed by atoms with E-state index in [0.717, 1.165) is 0 Å². The number of carbonyl (C=O) groups excluding carboxylic acids is 1. The van der Waals surface area contributed by atoms with Gasteiger partial charge in [0.2, 0.25) is 0 Å². The zero-order valence-corrected chi connectivity index (χ0v) is 11.6. The highest BCUT2D eigenvalue weighted by Gasteiger charge is 2.19. The minimum Gasteiger partial charge on any atom is -0.493 e. The van der Waals surface area contributed by atoms with Crippen LogP contribution in [0.15, 0.2) is 18.2 Å². The molecule has 0 aliphatic carbocycles. The second kappa shape index (κ2) is 7.04. The Morgan fingerprint density at radius 2 is 2.05 bits per heavy atom. The molecule has 2 N–H and O–H groups in total. The van der Waals surface area contributed by atoms with Crippen LogP contribution in [-0.2, 0) is 0 Å². The maximum atomic E-state index is 12.3. The zero-order chi connectivity index (χ0) is 15.3. The van der Waals surface area contributed by atoms with Crippen LogP contribution in [0.25, 0.3) is 0 Å². The van der Waals surface area contributed by atoms with Crippen LogP contribution in [-0.4, -0.2) is 44.2 Å². The van der Waals surface area contributed by atoms with E-state index < -0.39 is 6.61 Å². The lowest BCUT2D eigenvalue weighted by Crippen LogP contribution is -2.39. The lowest BCUT2D eigenvalue weighted by molar-refractivity contribution is -0.0512. The van der Waals surface area contributed by atoms with Crippen molar-refractivity contribution in [2.24, 2.45) is 5.73 Å². The van der Waals surface area contributed by atoms with Crippen LogP contribution in [0.1, 0.15) is 17.3 Å². The molecule has 1 amide bonds. The minimum absolute atomic E-state index is 0.136. The Morgan fingerprint density at radius 1 is 1.40 bits per heavy atom. The fraction of sp³-hybridized carbons (Fsp3) is 0.462. The molecule has 7 heteroatoms. The van der Waals surface area contributed by atoms with E-state index in [4.69, 9.17) is 10.5 Å². The standard InChI is InChI=1S/C13H18F2N2O3/c1-8(7-16)17(2)12(18)9-4-5-10(19-3)11(6-9)20-13(14)15/h4-6,8,13H,7,16H2,1-3H3. The zero-order valence-electron chi connectivity index (χ0n) is 11.6. The normalized spacial score (nSPS) is 12.2. The molecule has 1 rings (SSSR count). The predicted octanol–water partition coefficient (Wildman–Crippen LogP) is 1.72. The molecule has 0 radical (unpaired) electrons. The Balaban J connectivity index is 3.04. The first kappa shape index (κ1) is 16.2. The van der Waals surface area contributed by atoms with Gasteiger partial charge in [-0.15, -0.1) is 0 Å². The summed E-state index contributed by atoms with van der Waals surface area (Å²) in [6.07, 6.45) is 0. The third-order valence-corrected chi connectivity index (χ3v) is 2.95. The van der Waals surface area contributed by atoms with Gasteiger partial charge < -0.3 is 20.1 Å². The third kappa shape index (κ3) is 3.80. The second-order valence-corrected chi connectivity index (χ2v) is 4.24. The van der Waals surface area contributed by atoms with Crippen molar-refractivity contribution in [1.82, 2.24) is 4.90 Å². The summed E-state index contributed by atoms with van der Waals surface area (Å²) in [5.41, 5.74) is 5.72. The van der Waals surface area contributed by atoms with Gasteiger partial charge in [-0.2, -0.15) is 8.78 Å². The van der Waals surface area contributed by atoms with Crippen molar-refractivity contribution < 1.29 is 23.0 Å². The summed E-state index contributed by atoms with van der Waals surface area (Å²) in [5.74, 6) is -0.372. The van der Waals surface area contributed by atoms with Gasteiger partial charge in [0.05, 0.1) is 7.11 Å². The Kier molecular flexibility index (Phi) is 5.69. The average Bonchev–Trinajstić information content (AvgIpc) is 2.44. The molecule has 0 bridgehead atoms. The Hall–Kier alpha value is -1.89. The predicted molar refractivity (Wildman–Crippen MR) is 70.2 cm³/mol. The molecule has 0 heterocycles. The van der Waals surface area contributed by atoms with Gasteiger partial charge in [-0.05, 0) is 25.1 Å².